The summed E-state index contributed by atoms with van der Waals surface area (Å²) < 4.78 is 38.5. The minimum absolute atomic E-state index is 0.0248. The molecule has 2 aromatic carbocycles. The van der Waals surface area contributed by atoms with Gasteiger partial charge >= 0.3 is 0 Å². The van der Waals surface area contributed by atoms with Crippen LogP contribution in [-0.2, 0) is 9.84 Å². The molecule has 0 saturated carbocycles. The maximum atomic E-state index is 13.6. The van der Waals surface area contributed by atoms with Crippen LogP contribution >= 0.6 is 0 Å². The van der Waals surface area contributed by atoms with E-state index in [0.29, 0.717) is 36.9 Å². The van der Waals surface area contributed by atoms with Crippen LogP contribution in [0.15, 0.2) is 62.9 Å². The number of benzene rings is 2. The highest BCUT2D eigenvalue weighted by atomic mass is 32.2. The summed E-state index contributed by atoms with van der Waals surface area (Å²) in [6, 6.07) is 11.9. The van der Waals surface area contributed by atoms with Crippen LogP contribution in [0.3, 0.4) is 0 Å². The van der Waals surface area contributed by atoms with Gasteiger partial charge in [0.25, 0.3) is 5.69 Å². The number of aromatic nitrogens is 1. The number of non-ortho nitro benzene ring substituents is 1. The Morgan fingerprint density at radius 3 is 2.52 bits per heavy atom. The Labute approximate surface area is 192 Å². The number of nitro groups is 1. The Kier molecular flexibility index (Phi) is 6.37. The normalized spacial score (nSPS) is 14.9. The second-order valence-corrected chi connectivity index (χ2v) is 9.88. The van der Waals surface area contributed by atoms with Crippen molar-refractivity contribution in [3.05, 3.63) is 58.6 Å². The van der Waals surface area contributed by atoms with Gasteiger partial charge in [-0.05, 0) is 56.0 Å². The van der Waals surface area contributed by atoms with E-state index in [1.165, 1.54) is 30.3 Å². The molecule has 0 N–H and O–H groups in total. The topological polar surface area (TPSA) is 116 Å². The lowest BCUT2D eigenvalue weighted by molar-refractivity contribution is -0.384. The van der Waals surface area contributed by atoms with Crippen molar-refractivity contribution < 1.29 is 22.5 Å². The van der Waals surface area contributed by atoms with Crippen LogP contribution in [0.1, 0.15) is 26.7 Å². The average molecular weight is 472 g/mol. The number of sulfone groups is 1. The number of hydrogen-bond acceptors (Lipinski definition) is 8. The van der Waals surface area contributed by atoms with Gasteiger partial charge in [0.05, 0.1) is 16.4 Å². The van der Waals surface area contributed by atoms with Crippen molar-refractivity contribution in [3.8, 4) is 17.2 Å². The van der Waals surface area contributed by atoms with E-state index in [9.17, 15) is 18.5 Å². The highest BCUT2D eigenvalue weighted by molar-refractivity contribution is 7.91. The molecule has 0 radical (unpaired) electrons. The van der Waals surface area contributed by atoms with Crippen molar-refractivity contribution in [1.82, 2.24) is 4.98 Å². The molecule has 0 spiro atoms. The van der Waals surface area contributed by atoms with Gasteiger partial charge in [0, 0.05) is 30.8 Å². The van der Waals surface area contributed by atoms with E-state index in [-0.39, 0.29) is 27.4 Å². The number of hydrogen-bond donors (Lipinski definition) is 0. The predicted molar refractivity (Wildman–Crippen MR) is 122 cm³/mol. The van der Waals surface area contributed by atoms with E-state index in [1.54, 1.807) is 18.2 Å². The fourth-order valence-corrected chi connectivity index (χ4v) is 5.08. The zero-order valence-corrected chi connectivity index (χ0v) is 19.2. The molecule has 0 amide bonds. The third-order valence-corrected chi connectivity index (χ3v) is 7.32. The Morgan fingerprint density at radius 2 is 1.88 bits per heavy atom. The number of piperidine rings is 1. The molecular formula is C23H25N3O6S. The molecule has 174 valence electrons. The maximum absolute atomic E-state index is 13.6. The van der Waals surface area contributed by atoms with Crippen LogP contribution in [-0.4, -0.2) is 38.0 Å². The summed E-state index contributed by atoms with van der Waals surface area (Å²) in [5, 5.41) is 11.0. The van der Waals surface area contributed by atoms with Gasteiger partial charge in [-0.15, -0.1) is 0 Å². The minimum atomic E-state index is -4.01. The van der Waals surface area contributed by atoms with Gasteiger partial charge in [-0.1, -0.05) is 13.0 Å². The quantitative estimate of drug-likeness (QED) is 0.359. The van der Waals surface area contributed by atoms with Crippen LogP contribution < -0.4 is 9.64 Å². The second-order valence-electron chi connectivity index (χ2n) is 8.01. The molecule has 0 atom stereocenters. The number of anilines is 1. The molecule has 10 heteroatoms. The summed E-state index contributed by atoms with van der Waals surface area (Å²) in [6.07, 6.45) is 1.80. The summed E-state index contributed by atoms with van der Waals surface area (Å²) in [6.45, 7) is 5.75. The molecule has 1 aromatic heterocycles. The van der Waals surface area contributed by atoms with Crippen molar-refractivity contribution in [3.63, 3.8) is 0 Å². The fraction of sp³-hybridized carbons (Fsp3) is 0.348. The van der Waals surface area contributed by atoms with Crippen molar-refractivity contribution in [2.75, 3.05) is 24.6 Å². The predicted octanol–water partition coefficient (Wildman–Crippen LogP) is 4.72. The lowest BCUT2D eigenvalue weighted by Crippen LogP contribution is -2.33. The molecule has 1 fully saturated rings. The summed E-state index contributed by atoms with van der Waals surface area (Å²) in [5.74, 6) is 1.29. The third-order valence-electron chi connectivity index (χ3n) is 5.65. The molecule has 3 aromatic rings. The standard InChI is InChI=1S/C23H25N3O6S/c1-3-31-19-7-9-20(10-8-19)33(29,30)22-23(25-13-11-16(2)12-14-25)32-21(24-22)17-5-4-6-18(15-17)26(27)28/h4-10,15-16H,3,11-14H2,1-2H3. The van der Waals surface area contributed by atoms with Gasteiger partial charge in [-0.25, -0.2) is 8.42 Å². The molecule has 2 heterocycles. The summed E-state index contributed by atoms with van der Waals surface area (Å²) in [4.78, 5) is 17.0. The maximum Gasteiger partial charge on any atom is 0.270 e. The van der Waals surface area contributed by atoms with Crippen LogP contribution in [0.4, 0.5) is 11.6 Å². The first-order valence-electron chi connectivity index (χ1n) is 10.8. The molecule has 1 aliphatic rings. The number of nitro benzene ring substituents is 1. The molecule has 4 rings (SSSR count). The Balaban J connectivity index is 1.80. The molecule has 33 heavy (non-hydrogen) atoms. The van der Waals surface area contributed by atoms with E-state index in [4.69, 9.17) is 9.15 Å². The number of ether oxygens (including phenoxy) is 1. The molecule has 0 unspecified atom stereocenters. The van der Waals surface area contributed by atoms with Crippen LogP contribution in [0, 0.1) is 16.0 Å². The van der Waals surface area contributed by atoms with Gasteiger partial charge in [0.1, 0.15) is 5.75 Å². The molecule has 0 bridgehead atoms. The molecule has 9 nitrogen and oxygen atoms in total. The minimum Gasteiger partial charge on any atom is -0.494 e. The highest BCUT2D eigenvalue weighted by Gasteiger charge is 2.33. The smallest absolute Gasteiger partial charge is 0.270 e. The first kappa shape index (κ1) is 22.8. The van der Waals surface area contributed by atoms with Gasteiger partial charge in [0.15, 0.2) is 0 Å². The fourth-order valence-electron chi connectivity index (χ4n) is 3.75. The van der Waals surface area contributed by atoms with E-state index < -0.39 is 14.8 Å². The SMILES string of the molecule is CCOc1ccc(S(=O)(=O)c2nc(-c3cccc([N+](=O)[O-])c3)oc2N2CCC(C)CC2)cc1. The van der Waals surface area contributed by atoms with Crippen molar-refractivity contribution >= 4 is 21.4 Å². The highest BCUT2D eigenvalue weighted by Crippen LogP contribution is 2.37. The van der Waals surface area contributed by atoms with E-state index in [0.717, 1.165) is 12.8 Å². The summed E-state index contributed by atoms with van der Waals surface area (Å²) in [5.41, 5.74) is 0.207. The van der Waals surface area contributed by atoms with Crippen molar-refractivity contribution in [2.45, 2.75) is 36.6 Å². The first-order chi connectivity index (χ1) is 15.8. The van der Waals surface area contributed by atoms with E-state index >= 15 is 0 Å². The van der Waals surface area contributed by atoms with Crippen molar-refractivity contribution in [2.24, 2.45) is 5.92 Å². The van der Waals surface area contributed by atoms with Gasteiger partial charge in [-0.3, -0.25) is 10.1 Å². The van der Waals surface area contributed by atoms with E-state index in [2.05, 4.69) is 11.9 Å². The van der Waals surface area contributed by atoms with Gasteiger partial charge in [-0.2, -0.15) is 4.98 Å². The molecule has 0 aliphatic carbocycles. The number of nitrogens with zero attached hydrogens (tertiary/aromatic N) is 3. The lowest BCUT2D eigenvalue weighted by atomic mass is 9.99. The van der Waals surface area contributed by atoms with Crippen LogP contribution in [0.2, 0.25) is 0 Å². The average Bonchev–Trinajstić information content (AvgIpc) is 3.27. The van der Waals surface area contributed by atoms with E-state index in [1.807, 2.05) is 11.8 Å². The molecule has 1 saturated heterocycles. The first-order valence-corrected chi connectivity index (χ1v) is 12.3. The zero-order valence-electron chi connectivity index (χ0n) is 18.4. The third kappa shape index (κ3) is 4.70. The molecular weight excluding hydrogens is 446 g/mol. The van der Waals surface area contributed by atoms with Crippen molar-refractivity contribution in [1.29, 1.82) is 0 Å². The zero-order chi connectivity index (χ0) is 23.6. The summed E-state index contributed by atoms with van der Waals surface area (Å²) >= 11 is 0. The number of oxazole rings is 1. The monoisotopic (exact) mass is 471 g/mol. The molecule has 1 aliphatic heterocycles. The number of rotatable bonds is 7. The van der Waals surface area contributed by atoms with Crippen LogP contribution in [0.25, 0.3) is 11.5 Å². The Hall–Kier alpha value is -3.40. The Morgan fingerprint density at radius 1 is 1.18 bits per heavy atom. The Bertz CT molecular complexity index is 1250. The van der Waals surface area contributed by atoms with Gasteiger partial charge in [0.2, 0.25) is 26.6 Å². The van der Waals surface area contributed by atoms with Gasteiger partial charge < -0.3 is 14.1 Å². The largest absolute Gasteiger partial charge is 0.494 e. The summed E-state index contributed by atoms with van der Waals surface area (Å²) in [7, 11) is -4.01. The second kappa shape index (κ2) is 9.22. The van der Waals surface area contributed by atoms with Crippen LogP contribution in [0.5, 0.6) is 5.75 Å². The lowest BCUT2D eigenvalue weighted by Gasteiger charge is -2.30.